The molecule has 6 nitrogen and oxygen atoms in total. The molecule has 6 heteroatoms. The lowest BCUT2D eigenvalue weighted by molar-refractivity contribution is 0.310. The lowest BCUT2D eigenvalue weighted by atomic mass is 10.1. The molecule has 123 valence electrons. The van der Waals surface area contributed by atoms with Gasteiger partial charge in [-0.3, -0.25) is 0 Å². The fourth-order valence-electron chi connectivity index (χ4n) is 2.16. The molecule has 0 fully saturated rings. The van der Waals surface area contributed by atoms with E-state index in [0.717, 1.165) is 0 Å². The monoisotopic (exact) mass is 317 g/mol. The Labute approximate surface area is 135 Å². The van der Waals surface area contributed by atoms with Gasteiger partial charge in [0.1, 0.15) is 23.0 Å². The number of benzene rings is 2. The van der Waals surface area contributed by atoms with Crippen LogP contribution < -0.4 is 20.9 Å². The van der Waals surface area contributed by atoms with Gasteiger partial charge in [0.2, 0.25) is 0 Å². The summed E-state index contributed by atoms with van der Waals surface area (Å²) in [5.74, 6) is 1.08. The fraction of sp³-hybridized carbons (Fsp3) is 0.235. The number of anilines is 2. The smallest absolute Gasteiger partial charge is 0.145 e. The summed E-state index contributed by atoms with van der Waals surface area (Å²) in [5.41, 5.74) is 13.3. The van der Waals surface area contributed by atoms with E-state index in [4.69, 9.17) is 20.9 Å². The van der Waals surface area contributed by atoms with Crippen LogP contribution in [0.5, 0.6) is 23.0 Å². The first kappa shape index (κ1) is 16.6. The van der Waals surface area contributed by atoms with E-state index >= 15 is 0 Å². The van der Waals surface area contributed by atoms with Crippen molar-refractivity contribution in [2.75, 3.05) is 24.7 Å². The van der Waals surface area contributed by atoms with E-state index < -0.39 is 0 Å². The minimum Gasteiger partial charge on any atom is -0.508 e. The van der Waals surface area contributed by atoms with Gasteiger partial charge in [0.15, 0.2) is 0 Å². The third-order valence-corrected chi connectivity index (χ3v) is 3.31. The van der Waals surface area contributed by atoms with Crippen molar-refractivity contribution >= 4 is 11.4 Å². The molecule has 0 aromatic heterocycles. The molecule has 0 saturated heterocycles. The molecule has 6 N–H and O–H groups in total. The first-order chi connectivity index (χ1) is 11.0. The van der Waals surface area contributed by atoms with E-state index in [1.54, 1.807) is 12.1 Å². The molecular weight excluding hydrogens is 296 g/mol. The molecule has 0 aliphatic carbocycles. The molecule has 0 saturated carbocycles. The molecule has 2 rings (SSSR count). The molecule has 2 aromatic carbocycles. The van der Waals surface area contributed by atoms with Gasteiger partial charge in [0.25, 0.3) is 0 Å². The van der Waals surface area contributed by atoms with Crippen molar-refractivity contribution in [3.05, 3.63) is 42.8 Å². The topological polar surface area (TPSA) is 111 Å². The minimum absolute atomic E-state index is 0.0978. The number of phenols is 2. The number of hydrogen-bond donors (Lipinski definition) is 4. The Morgan fingerprint density at radius 1 is 0.957 bits per heavy atom. The molecule has 0 atom stereocenters. The van der Waals surface area contributed by atoms with Gasteiger partial charge in [-0.2, -0.15) is 0 Å². The van der Waals surface area contributed by atoms with Crippen LogP contribution in [0.25, 0.3) is 0 Å². The van der Waals surface area contributed by atoms with Crippen LogP contribution in [-0.4, -0.2) is 23.4 Å². The molecular formula is C17H21N2O4. The summed E-state index contributed by atoms with van der Waals surface area (Å²) < 4.78 is 10.8. The highest BCUT2D eigenvalue weighted by molar-refractivity contribution is 5.59. The molecule has 2 aromatic rings. The molecule has 0 aliphatic rings. The van der Waals surface area contributed by atoms with Gasteiger partial charge in [-0.15, -0.1) is 0 Å². The molecule has 0 spiro atoms. The van der Waals surface area contributed by atoms with E-state index in [0.29, 0.717) is 47.9 Å². The number of nitrogens with two attached hydrogens (primary N) is 2. The molecule has 1 radical (unpaired) electrons. The second-order valence-electron chi connectivity index (χ2n) is 5.04. The van der Waals surface area contributed by atoms with Crippen molar-refractivity contribution in [1.82, 2.24) is 0 Å². The number of phenolic OH excluding ortho intramolecular Hbond substituents is 2. The Balaban J connectivity index is 1.91. The van der Waals surface area contributed by atoms with Gasteiger partial charge in [-0.1, -0.05) is 0 Å². The van der Waals surface area contributed by atoms with Crippen molar-refractivity contribution in [2.45, 2.75) is 12.8 Å². The van der Waals surface area contributed by atoms with Crippen LogP contribution in [0.1, 0.15) is 12.0 Å². The normalized spacial score (nSPS) is 10.5. The maximum absolute atomic E-state index is 9.99. The highest BCUT2D eigenvalue weighted by atomic mass is 16.5. The van der Waals surface area contributed by atoms with Crippen molar-refractivity contribution in [3.63, 3.8) is 0 Å². The molecule has 0 aliphatic heterocycles. The first-order valence-electron chi connectivity index (χ1n) is 7.26. The quantitative estimate of drug-likeness (QED) is 0.355. The van der Waals surface area contributed by atoms with Crippen LogP contribution >= 0.6 is 0 Å². The molecule has 0 amide bonds. The summed E-state index contributed by atoms with van der Waals surface area (Å²) in [6.45, 7) is 4.20. The third kappa shape index (κ3) is 4.35. The van der Waals surface area contributed by atoms with Crippen LogP contribution in [0.4, 0.5) is 11.4 Å². The standard InChI is InChI=1S/C17H21N2O4/c1-2-22-17-10-15(21)11(8-14(17)19)4-3-7-23-16-9-12(20)5-6-13(16)18/h5-6,8-10,20-21H,1-4,7,18-19H2. The van der Waals surface area contributed by atoms with Gasteiger partial charge in [-0.05, 0) is 43.5 Å². The summed E-state index contributed by atoms with van der Waals surface area (Å²) in [6.07, 6.45) is 1.23. The Kier molecular flexibility index (Phi) is 5.41. The largest absolute Gasteiger partial charge is 0.508 e. The number of rotatable bonds is 7. The lowest BCUT2D eigenvalue weighted by Crippen LogP contribution is -2.03. The van der Waals surface area contributed by atoms with Gasteiger partial charge >= 0.3 is 0 Å². The molecule has 23 heavy (non-hydrogen) atoms. The Morgan fingerprint density at radius 3 is 2.43 bits per heavy atom. The second-order valence-corrected chi connectivity index (χ2v) is 5.04. The third-order valence-electron chi connectivity index (χ3n) is 3.31. The van der Waals surface area contributed by atoms with Gasteiger partial charge in [0, 0.05) is 12.1 Å². The predicted molar refractivity (Wildman–Crippen MR) is 89.7 cm³/mol. The maximum Gasteiger partial charge on any atom is 0.145 e. The van der Waals surface area contributed by atoms with Gasteiger partial charge in [0.05, 0.1) is 24.6 Å². The van der Waals surface area contributed by atoms with E-state index in [2.05, 4.69) is 6.92 Å². The van der Waals surface area contributed by atoms with Crippen LogP contribution in [0.15, 0.2) is 30.3 Å². The van der Waals surface area contributed by atoms with Crippen LogP contribution in [-0.2, 0) is 6.42 Å². The number of aryl methyl sites for hydroxylation is 1. The Morgan fingerprint density at radius 2 is 1.70 bits per heavy atom. The number of nitrogen functional groups attached to an aromatic ring is 2. The average molecular weight is 317 g/mol. The highest BCUT2D eigenvalue weighted by Crippen LogP contribution is 2.31. The van der Waals surface area contributed by atoms with Crippen molar-refractivity contribution < 1.29 is 19.7 Å². The number of aromatic hydroxyl groups is 2. The van der Waals surface area contributed by atoms with Crippen molar-refractivity contribution in [3.8, 4) is 23.0 Å². The zero-order valence-corrected chi connectivity index (χ0v) is 12.8. The summed E-state index contributed by atoms with van der Waals surface area (Å²) in [4.78, 5) is 0. The fourth-order valence-corrected chi connectivity index (χ4v) is 2.16. The molecule has 0 unspecified atom stereocenters. The minimum atomic E-state index is 0.0978. The zero-order chi connectivity index (χ0) is 16.8. The summed E-state index contributed by atoms with van der Waals surface area (Å²) >= 11 is 0. The van der Waals surface area contributed by atoms with Crippen molar-refractivity contribution in [2.24, 2.45) is 0 Å². The van der Waals surface area contributed by atoms with E-state index in [9.17, 15) is 10.2 Å². The van der Waals surface area contributed by atoms with E-state index in [1.807, 2.05) is 0 Å². The summed E-state index contributed by atoms with van der Waals surface area (Å²) in [6, 6.07) is 7.72. The van der Waals surface area contributed by atoms with Crippen molar-refractivity contribution in [1.29, 1.82) is 0 Å². The maximum atomic E-state index is 9.99. The van der Waals surface area contributed by atoms with Gasteiger partial charge in [-0.25, -0.2) is 0 Å². The average Bonchev–Trinajstić information content (AvgIpc) is 2.51. The summed E-state index contributed by atoms with van der Waals surface area (Å²) in [7, 11) is 0. The molecule has 0 bridgehead atoms. The predicted octanol–water partition coefficient (Wildman–Crippen LogP) is 2.49. The molecule has 0 heterocycles. The Hall–Kier alpha value is -2.76. The van der Waals surface area contributed by atoms with Gasteiger partial charge < -0.3 is 31.2 Å². The highest BCUT2D eigenvalue weighted by Gasteiger charge is 2.09. The van der Waals surface area contributed by atoms with Crippen LogP contribution in [0.2, 0.25) is 0 Å². The SMILES string of the molecule is [CH2]COc1cc(O)c(CCCOc2cc(O)ccc2N)cc1N. The van der Waals surface area contributed by atoms with Crippen LogP contribution in [0.3, 0.4) is 0 Å². The lowest BCUT2D eigenvalue weighted by Gasteiger charge is -2.12. The number of hydrogen-bond acceptors (Lipinski definition) is 6. The Bertz CT molecular complexity index is 674. The van der Waals surface area contributed by atoms with Crippen LogP contribution in [0, 0.1) is 6.92 Å². The summed E-state index contributed by atoms with van der Waals surface area (Å²) in [5, 5.41) is 19.4. The van der Waals surface area contributed by atoms with E-state index in [1.165, 1.54) is 18.2 Å². The first-order valence-corrected chi connectivity index (χ1v) is 7.26. The second kappa shape index (κ2) is 7.49. The zero-order valence-electron chi connectivity index (χ0n) is 12.8. The van der Waals surface area contributed by atoms with E-state index in [-0.39, 0.29) is 18.1 Å². The number of ether oxygens (including phenoxy) is 2.